The topological polar surface area (TPSA) is 122 Å². The molecule has 3 unspecified atom stereocenters. The van der Waals surface area contributed by atoms with E-state index in [4.69, 9.17) is 9.15 Å². The lowest BCUT2D eigenvalue weighted by Gasteiger charge is -2.31. The summed E-state index contributed by atoms with van der Waals surface area (Å²) in [7, 11) is 0. The molecule has 2 aliphatic heterocycles. The van der Waals surface area contributed by atoms with E-state index in [-0.39, 0.29) is 35.6 Å². The number of amides is 3. The fourth-order valence-electron chi connectivity index (χ4n) is 5.74. The highest BCUT2D eigenvalue weighted by Gasteiger charge is 2.52. The van der Waals surface area contributed by atoms with Crippen molar-refractivity contribution in [2.45, 2.75) is 63.1 Å². The number of rotatable bonds is 6. The summed E-state index contributed by atoms with van der Waals surface area (Å²) in [5, 5.41) is 2.74. The van der Waals surface area contributed by atoms with E-state index in [0.717, 1.165) is 25.7 Å². The lowest BCUT2D eigenvalue weighted by molar-refractivity contribution is -0.138. The molecule has 1 saturated carbocycles. The van der Waals surface area contributed by atoms with Gasteiger partial charge < -0.3 is 24.3 Å². The first-order chi connectivity index (χ1) is 17.5. The average Bonchev–Trinajstić information content (AvgIpc) is 3.63. The predicted octanol–water partition coefficient (Wildman–Crippen LogP) is 2.80. The normalized spacial score (nSPS) is 22.8. The van der Waals surface area contributed by atoms with Crippen LogP contribution in [0.3, 0.4) is 0 Å². The molecule has 4 heterocycles. The number of fused-ring (bicyclic) bond motifs is 1. The smallest absolute Gasteiger partial charge is 0.413 e. The van der Waals surface area contributed by atoms with E-state index in [1.165, 1.54) is 36.1 Å². The molecule has 0 radical (unpaired) electrons. The number of ketones is 1. The van der Waals surface area contributed by atoms with Crippen molar-refractivity contribution < 1.29 is 28.3 Å². The first-order valence-electron chi connectivity index (χ1n) is 12.6. The molecule has 36 heavy (non-hydrogen) atoms. The minimum absolute atomic E-state index is 0.0578. The van der Waals surface area contributed by atoms with Gasteiger partial charge in [-0.05, 0) is 30.9 Å². The van der Waals surface area contributed by atoms with Crippen LogP contribution in [0.25, 0.3) is 0 Å². The summed E-state index contributed by atoms with van der Waals surface area (Å²) >= 11 is 0. The average molecular weight is 495 g/mol. The number of furan rings is 1. The van der Waals surface area contributed by atoms with Gasteiger partial charge in [0.1, 0.15) is 24.0 Å². The number of ether oxygens (including phenoxy) is 1. The van der Waals surface area contributed by atoms with Crippen molar-refractivity contribution in [3.63, 3.8) is 0 Å². The molecular formula is C26H30N4O6. The second-order valence-electron chi connectivity index (χ2n) is 9.73. The van der Waals surface area contributed by atoms with Gasteiger partial charge in [-0.25, -0.2) is 4.79 Å². The molecule has 0 bridgehead atoms. The van der Waals surface area contributed by atoms with Gasteiger partial charge in [0.2, 0.25) is 5.91 Å². The summed E-state index contributed by atoms with van der Waals surface area (Å²) in [6, 6.07) is 4.64. The number of aromatic nitrogens is 1. The highest BCUT2D eigenvalue weighted by Crippen LogP contribution is 2.33. The SMILES string of the molecule is O=C(NC(CC1CCCCC1)C(=O)N1CCC2C1C(=O)CN2C(=O)c1ccccn1)Oc1ccoc1. The molecule has 2 aromatic heterocycles. The van der Waals surface area contributed by atoms with Crippen LogP contribution in [0.2, 0.25) is 0 Å². The summed E-state index contributed by atoms with van der Waals surface area (Å²) in [4.78, 5) is 59.6. The molecule has 1 aliphatic carbocycles. The van der Waals surface area contributed by atoms with Gasteiger partial charge in [-0.2, -0.15) is 0 Å². The maximum Gasteiger partial charge on any atom is 0.413 e. The number of nitrogens with one attached hydrogen (secondary N) is 1. The Balaban J connectivity index is 1.31. The van der Waals surface area contributed by atoms with Crippen LogP contribution in [0.5, 0.6) is 5.75 Å². The number of carbonyl (C=O) groups excluding carboxylic acids is 4. The Hall–Kier alpha value is -3.69. The zero-order chi connectivity index (χ0) is 25.1. The Morgan fingerprint density at radius 2 is 1.94 bits per heavy atom. The third-order valence-corrected chi connectivity index (χ3v) is 7.44. The van der Waals surface area contributed by atoms with Crippen molar-refractivity contribution in [3.8, 4) is 5.75 Å². The van der Waals surface area contributed by atoms with Crippen molar-refractivity contribution in [1.82, 2.24) is 20.1 Å². The summed E-state index contributed by atoms with van der Waals surface area (Å²) < 4.78 is 10.2. The molecule has 10 nitrogen and oxygen atoms in total. The number of carbonyl (C=O) groups is 4. The first-order valence-corrected chi connectivity index (χ1v) is 12.6. The Morgan fingerprint density at radius 3 is 2.67 bits per heavy atom. The molecule has 2 saturated heterocycles. The van der Waals surface area contributed by atoms with Gasteiger partial charge in [-0.15, -0.1) is 0 Å². The lowest BCUT2D eigenvalue weighted by atomic mass is 9.84. The second-order valence-corrected chi connectivity index (χ2v) is 9.73. The fraction of sp³-hybridized carbons (Fsp3) is 0.500. The molecule has 3 amide bonds. The third kappa shape index (κ3) is 4.98. The van der Waals surface area contributed by atoms with E-state index in [9.17, 15) is 19.2 Å². The van der Waals surface area contributed by atoms with E-state index in [1.54, 1.807) is 23.1 Å². The number of hydrogen-bond acceptors (Lipinski definition) is 7. The molecule has 3 aliphatic rings. The van der Waals surface area contributed by atoms with Gasteiger partial charge in [-0.3, -0.25) is 19.4 Å². The lowest BCUT2D eigenvalue weighted by Crippen LogP contribution is -2.53. The van der Waals surface area contributed by atoms with Crippen molar-refractivity contribution in [2.24, 2.45) is 5.92 Å². The van der Waals surface area contributed by atoms with Crippen molar-refractivity contribution in [3.05, 3.63) is 48.7 Å². The Morgan fingerprint density at radius 1 is 1.11 bits per heavy atom. The molecular weight excluding hydrogens is 464 g/mol. The molecule has 3 atom stereocenters. The third-order valence-electron chi connectivity index (χ3n) is 7.44. The van der Waals surface area contributed by atoms with E-state index in [1.807, 2.05) is 0 Å². The summed E-state index contributed by atoms with van der Waals surface area (Å²) in [6.07, 6.45) is 9.84. The quantitative estimate of drug-likeness (QED) is 0.655. The van der Waals surface area contributed by atoms with Crippen LogP contribution in [-0.2, 0) is 9.59 Å². The minimum Gasteiger partial charge on any atom is -0.469 e. The van der Waals surface area contributed by atoms with Gasteiger partial charge in [0.05, 0.1) is 18.8 Å². The van der Waals surface area contributed by atoms with E-state index in [0.29, 0.717) is 25.3 Å². The summed E-state index contributed by atoms with van der Waals surface area (Å²) in [5.74, 6) is -0.245. The monoisotopic (exact) mass is 494 g/mol. The van der Waals surface area contributed by atoms with Crippen LogP contribution >= 0.6 is 0 Å². The minimum atomic E-state index is -0.820. The van der Waals surface area contributed by atoms with Gasteiger partial charge in [0.15, 0.2) is 11.5 Å². The van der Waals surface area contributed by atoms with Gasteiger partial charge >= 0.3 is 6.09 Å². The van der Waals surface area contributed by atoms with Crippen molar-refractivity contribution in [2.75, 3.05) is 13.1 Å². The highest BCUT2D eigenvalue weighted by molar-refractivity contribution is 6.02. The molecule has 0 spiro atoms. The van der Waals surface area contributed by atoms with Crippen LogP contribution < -0.4 is 10.1 Å². The van der Waals surface area contributed by atoms with E-state index < -0.39 is 24.2 Å². The Bertz CT molecular complexity index is 1100. The number of pyridine rings is 1. The number of nitrogens with zero attached hydrogens (tertiary/aromatic N) is 3. The van der Waals surface area contributed by atoms with Crippen LogP contribution in [0.15, 0.2) is 47.4 Å². The van der Waals surface area contributed by atoms with Crippen molar-refractivity contribution in [1.29, 1.82) is 0 Å². The number of hydrogen-bond donors (Lipinski definition) is 1. The number of Topliss-reactive ketones (excluding diaryl/α,β-unsaturated/α-hetero) is 1. The van der Waals surface area contributed by atoms with Gasteiger partial charge in [0, 0.05) is 18.8 Å². The zero-order valence-electron chi connectivity index (χ0n) is 20.0. The number of likely N-dealkylation sites (tertiary alicyclic amines) is 2. The van der Waals surface area contributed by atoms with Gasteiger partial charge in [0.25, 0.3) is 5.91 Å². The van der Waals surface area contributed by atoms with Crippen LogP contribution in [0, 0.1) is 5.92 Å². The fourth-order valence-corrected chi connectivity index (χ4v) is 5.74. The molecule has 3 fully saturated rings. The van der Waals surface area contributed by atoms with Crippen LogP contribution in [0.4, 0.5) is 4.79 Å². The van der Waals surface area contributed by atoms with Crippen LogP contribution in [0.1, 0.15) is 55.4 Å². The largest absolute Gasteiger partial charge is 0.469 e. The molecule has 0 aromatic carbocycles. The zero-order valence-corrected chi connectivity index (χ0v) is 20.0. The summed E-state index contributed by atoms with van der Waals surface area (Å²) in [5.41, 5.74) is 0.273. The standard InChI is InChI=1S/C26H30N4O6/c31-22-15-30(24(32)19-8-4-5-11-27-19)21-9-12-29(23(21)22)25(33)20(14-17-6-2-1-3-7-17)28-26(34)36-18-10-13-35-16-18/h4-5,8,10-11,13,16-17,20-21,23H,1-3,6-7,9,12,14-15H2,(H,28,34). The van der Waals surface area contributed by atoms with Gasteiger partial charge in [-0.1, -0.05) is 38.2 Å². The molecule has 5 rings (SSSR count). The molecule has 10 heteroatoms. The Kier molecular flexibility index (Phi) is 7.02. The molecule has 190 valence electrons. The predicted molar refractivity (Wildman–Crippen MR) is 127 cm³/mol. The van der Waals surface area contributed by atoms with Crippen LogP contribution in [-0.4, -0.2) is 69.7 Å². The maximum absolute atomic E-state index is 13.8. The maximum atomic E-state index is 13.8. The summed E-state index contributed by atoms with van der Waals surface area (Å²) in [6.45, 7) is 0.281. The molecule has 1 N–H and O–H groups in total. The van der Waals surface area contributed by atoms with Crippen molar-refractivity contribution >= 4 is 23.7 Å². The van der Waals surface area contributed by atoms with E-state index >= 15 is 0 Å². The van der Waals surface area contributed by atoms with E-state index in [2.05, 4.69) is 10.3 Å². The second kappa shape index (κ2) is 10.5. The first kappa shape index (κ1) is 24.0. The Labute approximate surface area is 209 Å². The highest BCUT2D eigenvalue weighted by atomic mass is 16.6. The molecule has 2 aromatic rings.